The molecule has 2 bridgehead atoms. The fourth-order valence-corrected chi connectivity index (χ4v) is 9.58. The Kier molecular flexibility index (Phi) is 6.23. The lowest BCUT2D eigenvalue weighted by Gasteiger charge is -2.35. The van der Waals surface area contributed by atoms with Gasteiger partial charge in [0.1, 0.15) is 29.4 Å². The summed E-state index contributed by atoms with van der Waals surface area (Å²) >= 11 is 6.61. The predicted molar refractivity (Wildman–Crippen MR) is 169 cm³/mol. The minimum atomic E-state index is -0.572. The van der Waals surface area contributed by atoms with Crippen molar-refractivity contribution in [1.82, 2.24) is 25.2 Å². The summed E-state index contributed by atoms with van der Waals surface area (Å²) < 4.78 is 23.3. The highest BCUT2D eigenvalue weighted by atomic mass is 35.5. The van der Waals surface area contributed by atoms with Gasteiger partial charge in [0.05, 0.1) is 10.9 Å². The Balaban J connectivity index is 1.16. The number of piperazine rings is 1. The van der Waals surface area contributed by atoms with Crippen LogP contribution in [0.1, 0.15) is 51.4 Å². The van der Waals surface area contributed by atoms with Crippen molar-refractivity contribution in [1.29, 1.82) is 0 Å². The summed E-state index contributed by atoms with van der Waals surface area (Å²) in [5.41, 5.74) is 0.702. The first-order valence-electron chi connectivity index (χ1n) is 16.1. The minimum Gasteiger partial charge on any atom is -0.508 e. The van der Waals surface area contributed by atoms with Gasteiger partial charge in [-0.05, 0) is 81.0 Å². The number of aromatic hydroxyl groups is 1. The number of benzene rings is 2. The zero-order valence-corrected chi connectivity index (χ0v) is 25.4. The van der Waals surface area contributed by atoms with Crippen molar-refractivity contribution >= 4 is 39.1 Å². The number of anilines is 1. The van der Waals surface area contributed by atoms with Gasteiger partial charge in [-0.3, -0.25) is 9.88 Å². The Hall–Kier alpha value is -3.27. The van der Waals surface area contributed by atoms with E-state index in [4.69, 9.17) is 26.3 Å². The van der Waals surface area contributed by atoms with Crippen molar-refractivity contribution in [2.75, 3.05) is 31.1 Å². The normalized spacial score (nSPS) is 29.5. The molecule has 1 aliphatic carbocycles. The van der Waals surface area contributed by atoms with E-state index in [1.54, 1.807) is 18.3 Å². The minimum absolute atomic E-state index is 0.0152. The molecule has 228 valence electrons. The average molecular weight is 615 g/mol. The molecule has 4 aliphatic heterocycles. The predicted octanol–water partition coefficient (Wildman–Crippen LogP) is 6.07. The van der Waals surface area contributed by atoms with Crippen molar-refractivity contribution in [3.05, 3.63) is 47.4 Å². The number of ether oxygens (including phenoxy) is 1. The van der Waals surface area contributed by atoms with Crippen molar-refractivity contribution < 1.29 is 14.2 Å². The number of aromatic nitrogens is 3. The maximum Gasteiger partial charge on any atom is 0.319 e. The molecule has 5 aliphatic rings. The second-order valence-corrected chi connectivity index (χ2v) is 14.1. The van der Waals surface area contributed by atoms with Crippen LogP contribution in [0.15, 0.2) is 36.5 Å². The Morgan fingerprint density at radius 3 is 2.82 bits per heavy atom. The molecule has 44 heavy (non-hydrogen) atoms. The number of phenolic OH excluding ortho intramolecular Hbond substituents is 1. The van der Waals surface area contributed by atoms with Gasteiger partial charge in [-0.25, -0.2) is 4.39 Å². The molecule has 2 N–H and O–H groups in total. The van der Waals surface area contributed by atoms with Crippen LogP contribution in [-0.2, 0) is 0 Å². The van der Waals surface area contributed by atoms with Gasteiger partial charge < -0.3 is 20.1 Å². The first-order chi connectivity index (χ1) is 21.5. The smallest absolute Gasteiger partial charge is 0.319 e. The van der Waals surface area contributed by atoms with Crippen LogP contribution in [0.5, 0.6) is 11.8 Å². The molecule has 6 heterocycles. The zero-order chi connectivity index (χ0) is 29.6. The van der Waals surface area contributed by atoms with Gasteiger partial charge in [0, 0.05) is 53.4 Å². The molecule has 0 amide bonds. The van der Waals surface area contributed by atoms with Crippen molar-refractivity contribution in [3.8, 4) is 23.0 Å². The highest BCUT2D eigenvalue weighted by Gasteiger charge is 2.55. The molecule has 4 saturated heterocycles. The number of fused-ring (bicyclic) bond motifs is 7. The molecule has 2 aromatic heterocycles. The molecule has 1 saturated carbocycles. The van der Waals surface area contributed by atoms with Crippen LogP contribution in [0.3, 0.4) is 0 Å². The van der Waals surface area contributed by atoms with E-state index < -0.39 is 5.82 Å². The number of phenols is 1. The molecule has 2 aromatic carbocycles. The van der Waals surface area contributed by atoms with Crippen molar-refractivity contribution in [2.24, 2.45) is 5.92 Å². The third kappa shape index (κ3) is 4.19. The van der Waals surface area contributed by atoms with Crippen molar-refractivity contribution in [3.63, 3.8) is 0 Å². The standard InChI is InChI=1S/C34H36ClFN6O2/c35-26-6-1-4-19-12-23(43)13-24(28(19)26)30-29(36)31-25(15-37-30)32(41-16-21-8-9-22(17-41)38-21)40-33(39-31)44-18-34-10-3-11-42(34)27-7-2-5-20(27)14-34/h1,4,6,12-13,15,20-22,27,38,43H,2-3,5,7-11,14,16-18H2. The average Bonchev–Trinajstić information content (AvgIpc) is 3.77. The fourth-order valence-electron chi connectivity index (χ4n) is 9.30. The number of nitrogens with zero attached hydrogens (tertiary/aromatic N) is 5. The van der Waals surface area contributed by atoms with E-state index in [0.29, 0.717) is 57.3 Å². The molecule has 9 rings (SSSR count). The summed E-state index contributed by atoms with van der Waals surface area (Å²) in [5.74, 6) is 0.862. The quantitative estimate of drug-likeness (QED) is 0.280. The van der Waals surface area contributed by atoms with Crippen LogP contribution in [0.4, 0.5) is 10.2 Å². The molecule has 5 fully saturated rings. The summed E-state index contributed by atoms with van der Waals surface area (Å²) in [5, 5.41) is 16.6. The maximum atomic E-state index is 16.8. The van der Waals surface area contributed by atoms with E-state index in [1.165, 1.54) is 31.7 Å². The summed E-state index contributed by atoms with van der Waals surface area (Å²) in [6.07, 6.45) is 11.3. The first kappa shape index (κ1) is 27.1. The Labute approximate surface area is 260 Å². The lowest BCUT2D eigenvalue weighted by molar-refractivity contribution is 0.0832. The van der Waals surface area contributed by atoms with Gasteiger partial charge >= 0.3 is 6.01 Å². The molecule has 0 radical (unpaired) electrons. The third-order valence-corrected chi connectivity index (χ3v) is 11.4. The van der Waals surface area contributed by atoms with Crippen LogP contribution in [0.25, 0.3) is 32.9 Å². The summed E-state index contributed by atoms with van der Waals surface area (Å²) in [7, 11) is 0. The summed E-state index contributed by atoms with van der Waals surface area (Å²) in [6, 6.07) is 10.2. The Morgan fingerprint density at radius 1 is 1.09 bits per heavy atom. The van der Waals surface area contributed by atoms with E-state index in [2.05, 4.69) is 20.1 Å². The molecule has 8 nitrogen and oxygen atoms in total. The number of hydrogen-bond donors (Lipinski definition) is 2. The second-order valence-electron chi connectivity index (χ2n) is 13.7. The van der Waals surface area contributed by atoms with E-state index in [0.717, 1.165) is 51.2 Å². The maximum absolute atomic E-state index is 16.8. The Morgan fingerprint density at radius 2 is 1.95 bits per heavy atom. The molecule has 5 unspecified atom stereocenters. The topological polar surface area (TPSA) is 86.6 Å². The third-order valence-electron chi connectivity index (χ3n) is 11.1. The zero-order valence-electron chi connectivity index (χ0n) is 24.6. The largest absolute Gasteiger partial charge is 0.508 e. The van der Waals surface area contributed by atoms with Crippen LogP contribution in [0.2, 0.25) is 5.02 Å². The van der Waals surface area contributed by atoms with Gasteiger partial charge in [0.25, 0.3) is 0 Å². The summed E-state index contributed by atoms with van der Waals surface area (Å²) in [6.45, 7) is 3.23. The van der Waals surface area contributed by atoms with Gasteiger partial charge in [-0.1, -0.05) is 30.2 Å². The molecule has 4 aromatic rings. The molecular formula is C34H36ClFN6O2. The van der Waals surface area contributed by atoms with Gasteiger partial charge in [0.2, 0.25) is 0 Å². The van der Waals surface area contributed by atoms with Gasteiger partial charge in [0.15, 0.2) is 5.82 Å². The van der Waals surface area contributed by atoms with E-state index in [-0.39, 0.29) is 28.5 Å². The van der Waals surface area contributed by atoms with Crippen molar-refractivity contribution in [2.45, 2.75) is 75.0 Å². The lowest BCUT2D eigenvalue weighted by Crippen LogP contribution is -2.51. The Bertz CT molecular complexity index is 1790. The number of rotatable bonds is 5. The first-order valence-corrected chi connectivity index (χ1v) is 16.5. The molecular weight excluding hydrogens is 579 g/mol. The van der Waals surface area contributed by atoms with Crippen LogP contribution in [0, 0.1) is 11.7 Å². The van der Waals surface area contributed by atoms with E-state index >= 15 is 4.39 Å². The van der Waals surface area contributed by atoms with Gasteiger partial charge in [-0.2, -0.15) is 9.97 Å². The van der Waals surface area contributed by atoms with Crippen LogP contribution >= 0.6 is 11.6 Å². The highest BCUT2D eigenvalue weighted by Crippen LogP contribution is 2.51. The number of halogens is 2. The highest BCUT2D eigenvalue weighted by molar-refractivity contribution is 6.36. The molecule has 10 heteroatoms. The number of nitrogens with one attached hydrogen (secondary N) is 1. The van der Waals surface area contributed by atoms with Crippen LogP contribution in [-0.4, -0.2) is 74.9 Å². The lowest BCUT2D eigenvalue weighted by atomic mass is 9.90. The fraction of sp³-hybridized carbons (Fsp3) is 0.500. The number of hydrogen-bond acceptors (Lipinski definition) is 8. The van der Waals surface area contributed by atoms with E-state index in [1.807, 2.05) is 12.1 Å². The van der Waals surface area contributed by atoms with Gasteiger partial charge in [-0.15, -0.1) is 0 Å². The molecule has 0 spiro atoms. The number of pyridine rings is 1. The monoisotopic (exact) mass is 614 g/mol. The molecule has 5 atom stereocenters. The second kappa shape index (κ2) is 10.1. The summed E-state index contributed by atoms with van der Waals surface area (Å²) in [4.78, 5) is 19.3. The SMILES string of the molecule is Oc1cc(-c2ncc3c(N4CC5CCC(C4)N5)nc(OCC45CCCN4C4CCCC4C5)nc3c2F)c2c(Cl)cccc2c1. The van der Waals surface area contributed by atoms with E-state index in [9.17, 15) is 5.11 Å². The van der Waals surface area contributed by atoms with Crippen LogP contribution < -0.4 is 15.0 Å².